The number of rotatable bonds is 5. The molecule has 0 aliphatic carbocycles. The Kier molecular flexibility index (Phi) is 4.54. The van der Waals surface area contributed by atoms with Crippen LogP contribution in [-0.4, -0.2) is 23.8 Å². The summed E-state index contributed by atoms with van der Waals surface area (Å²) in [5, 5.41) is 14.7. The van der Waals surface area contributed by atoms with Crippen molar-refractivity contribution in [1.29, 1.82) is 0 Å². The van der Waals surface area contributed by atoms with E-state index in [1.165, 1.54) is 17.6 Å². The lowest BCUT2D eigenvalue weighted by atomic mass is 10.2. The Labute approximate surface area is 136 Å². The Bertz CT molecular complexity index is 843. The molecule has 6 heteroatoms. The zero-order chi connectivity index (χ0) is 16.1. The Hall–Kier alpha value is -2.86. The third kappa shape index (κ3) is 3.67. The van der Waals surface area contributed by atoms with Crippen LogP contribution in [-0.2, 0) is 4.79 Å². The summed E-state index contributed by atoms with van der Waals surface area (Å²) in [5.74, 6) is 0.420. The van der Waals surface area contributed by atoms with E-state index in [9.17, 15) is 9.90 Å². The van der Waals surface area contributed by atoms with Gasteiger partial charge in [0.25, 0.3) is 5.91 Å². The number of fused-ring (bicyclic) bond motifs is 1. The lowest BCUT2D eigenvalue weighted by Gasteiger charge is -2.03. The summed E-state index contributed by atoms with van der Waals surface area (Å²) in [4.78, 5) is 12.2. The average Bonchev–Trinajstić information content (AvgIpc) is 2.91. The van der Waals surface area contributed by atoms with E-state index in [2.05, 4.69) is 10.5 Å². The minimum atomic E-state index is -0.370. The predicted molar refractivity (Wildman–Crippen MR) is 91.2 cm³/mol. The number of amides is 1. The van der Waals surface area contributed by atoms with E-state index < -0.39 is 0 Å². The number of nitrogens with one attached hydrogen (secondary N) is 1. The Balaban J connectivity index is 1.57. The standard InChI is InChI=1S/C17H14N2O3S/c20-16(11-22-12-6-2-1-3-7-12)19-18-10-15-17(21)13-8-4-5-9-14(13)23-15/h1-10,21H,11H2,(H,19,20). The maximum absolute atomic E-state index is 11.7. The van der Waals surface area contributed by atoms with Crippen LogP contribution < -0.4 is 10.2 Å². The fourth-order valence-corrected chi connectivity index (χ4v) is 2.97. The molecule has 23 heavy (non-hydrogen) atoms. The van der Waals surface area contributed by atoms with Gasteiger partial charge in [0.05, 0.1) is 11.1 Å². The summed E-state index contributed by atoms with van der Waals surface area (Å²) in [6.45, 7) is -0.125. The van der Waals surface area contributed by atoms with Gasteiger partial charge in [-0.15, -0.1) is 11.3 Å². The van der Waals surface area contributed by atoms with Crippen molar-refractivity contribution in [2.75, 3.05) is 6.61 Å². The number of ether oxygens (including phenoxy) is 1. The Morgan fingerprint density at radius 1 is 1.17 bits per heavy atom. The van der Waals surface area contributed by atoms with Crippen LogP contribution in [0.5, 0.6) is 11.5 Å². The first-order valence-electron chi connectivity index (χ1n) is 6.94. The number of hydrazone groups is 1. The second kappa shape index (κ2) is 6.93. The summed E-state index contributed by atoms with van der Waals surface area (Å²) < 4.78 is 6.27. The number of benzene rings is 2. The van der Waals surface area contributed by atoms with E-state index in [4.69, 9.17) is 4.74 Å². The highest BCUT2D eigenvalue weighted by Gasteiger charge is 2.08. The monoisotopic (exact) mass is 326 g/mol. The predicted octanol–water partition coefficient (Wildman–Crippen LogP) is 3.14. The third-order valence-corrected chi connectivity index (χ3v) is 4.17. The van der Waals surface area contributed by atoms with Crippen LogP contribution in [0, 0.1) is 0 Å². The molecule has 1 aromatic heterocycles. The van der Waals surface area contributed by atoms with E-state index in [1.54, 1.807) is 12.1 Å². The number of aromatic hydroxyl groups is 1. The smallest absolute Gasteiger partial charge is 0.277 e. The lowest BCUT2D eigenvalue weighted by Crippen LogP contribution is -2.24. The molecule has 116 valence electrons. The van der Waals surface area contributed by atoms with Gasteiger partial charge in [0.2, 0.25) is 0 Å². The highest BCUT2D eigenvalue weighted by molar-refractivity contribution is 7.21. The first kappa shape index (κ1) is 15.1. The van der Waals surface area contributed by atoms with Crippen LogP contribution >= 0.6 is 11.3 Å². The number of hydrogen-bond donors (Lipinski definition) is 2. The van der Waals surface area contributed by atoms with Gasteiger partial charge in [-0.3, -0.25) is 4.79 Å². The molecule has 2 N–H and O–H groups in total. The van der Waals surface area contributed by atoms with Crippen molar-refractivity contribution in [3.63, 3.8) is 0 Å². The number of hydrogen-bond acceptors (Lipinski definition) is 5. The molecule has 1 amide bonds. The van der Waals surface area contributed by atoms with Gasteiger partial charge >= 0.3 is 0 Å². The van der Waals surface area contributed by atoms with Crippen LogP contribution in [0.25, 0.3) is 10.1 Å². The molecule has 0 saturated heterocycles. The van der Waals surface area contributed by atoms with Gasteiger partial charge in [0.15, 0.2) is 6.61 Å². The summed E-state index contributed by atoms with van der Waals surface area (Å²) in [5.41, 5.74) is 2.37. The molecule has 0 radical (unpaired) electrons. The second-order valence-corrected chi connectivity index (χ2v) is 5.79. The minimum absolute atomic E-state index is 0.125. The largest absolute Gasteiger partial charge is 0.506 e. The molecule has 0 saturated carbocycles. The van der Waals surface area contributed by atoms with Crippen molar-refractivity contribution in [3.05, 3.63) is 59.5 Å². The van der Waals surface area contributed by atoms with Gasteiger partial charge in [-0.05, 0) is 24.3 Å². The molecule has 0 spiro atoms. The van der Waals surface area contributed by atoms with Crippen molar-refractivity contribution >= 4 is 33.5 Å². The van der Waals surface area contributed by atoms with Gasteiger partial charge in [-0.25, -0.2) is 5.43 Å². The van der Waals surface area contributed by atoms with E-state index in [-0.39, 0.29) is 18.3 Å². The third-order valence-electron chi connectivity index (χ3n) is 3.08. The van der Waals surface area contributed by atoms with Crippen molar-refractivity contribution in [1.82, 2.24) is 5.43 Å². The number of thiophene rings is 1. The minimum Gasteiger partial charge on any atom is -0.506 e. The van der Waals surface area contributed by atoms with Gasteiger partial charge < -0.3 is 9.84 Å². The van der Waals surface area contributed by atoms with Crippen LogP contribution in [0.1, 0.15) is 4.88 Å². The summed E-state index contributed by atoms with van der Waals surface area (Å²) in [6.07, 6.45) is 1.43. The van der Waals surface area contributed by atoms with Crippen LogP contribution in [0.2, 0.25) is 0 Å². The van der Waals surface area contributed by atoms with Crippen molar-refractivity contribution in [2.45, 2.75) is 0 Å². The summed E-state index contributed by atoms with van der Waals surface area (Å²) >= 11 is 1.40. The first-order chi connectivity index (χ1) is 11.2. The van der Waals surface area contributed by atoms with Crippen LogP contribution in [0.15, 0.2) is 59.7 Å². The van der Waals surface area contributed by atoms with Crippen molar-refractivity contribution < 1.29 is 14.6 Å². The van der Waals surface area contributed by atoms with E-state index in [0.717, 1.165) is 10.1 Å². The molecule has 0 aliphatic rings. The Morgan fingerprint density at radius 2 is 1.91 bits per heavy atom. The first-order valence-corrected chi connectivity index (χ1v) is 7.76. The van der Waals surface area contributed by atoms with Crippen LogP contribution in [0.4, 0.5) is 0 Å². The fourth-order valence-electron chi connectivity index (χ4n) is 2.00. The molecule has 3 rings (SSSR count). The molecule has 5 nitrogen and oxygen atoms in total. The van der Waals surface area contributed by atoms with Crippen molar-refractivity contribution in [3.8, 4) is 11.5 Å². The zero-order valence-corrected chi connectivity index (χ0v) is 12.9. The normalized spacial score (nSPS) is 11.0. The maximum Gasteiger partial charge on any atom is 0.277 e. The molecule has 0 aliphatic heterocycles. The topological polar surface area (TPSA) is 70.9 Å². The maximum atomic E-state index is 11.7. The SMILES string of the molecule is O=C(COc1ccccc1)NN=Cc1sc2ccccc2c1O. The van der Waals surface area contributed by atoms with Crippen LogP contribution in [0.3, 0.4) is 0 Å². The second-order valence-electron chi connectivity index (χ2n) is 4.71. The van der Waals surface area contributed by atoms with E-state index in [1.807, 2.05) is 42.5 Å². The molecule has 0 bridgehead atoms. The lowest BCUT2D eigenvalue weighted by molar-refractivity contribution is -0.123. The van der Waals surface area contributed by atoms with Gasteiger partial charge in [-0.1, -0.05) is 30.3 Å². The summed E-state index contributed by atoms with van der Waals surface area (Å²) in [6, 6.07) is 16.6. The van der Waals surface area contributed by atoms with Gasteiger partial charge in [-0.2, -0.15) is 5.10 Å². The van der Waals surface area contributed by atoms with E-state index in [0.29, 0.717) is 10.6 Å². The van der Waals surface area contributed by atoms with Gasteiger partial charge in [0.1, 0.15) is 11.5 Å². The molecule has 2 aromatic carbocycles. The highest BCUT2D eigenvalue weighted by atomic mass is 32.1. The summed E-state index contributed by atoms with van der Waals surface area (Å²) in [7, 11) is 0. The molecule has 0 unspecified atom stereocenters. The molecule has 0 fully saturated rings. The average molecular weight is 326 g/mol. The zero-order valence-electron chi connectivity index (χ0n) is 12.1. The fraction of sp³-hybridized carbons (Fsp3) is 0.0588. The number of para-hydroxylation sites is 1. The molecular formula is C17H14N2O3S. The molecular weight excluding hydrogens is 312 g/mol. The van der Waals surface area contributed by atoms with E-state index >= 15 is 0 Å². The number of carbonyl (C=O) groups is 1. The molecule has 1 heterocycles. The van der Waals surface area contributed by atoms with Crippen molar-refractivity contribution in [2.24, 2.45) is 5.10 Å². The Morgan fingerprint density at radius 3 is 2.70 bits per heavy atom. The molecule has 0 atom stereocenters. The number of nitrogens with zero attached hydrogens (tertiary/aromatic N) is 1. The van der Waals surface area contributed by atoms with Gasteiger partial charge in [0, 0.05) is 10.1 Å². The molecule has 3 aromatic rings. The number of carbonyl (C=O) groups excluding carboxylic acids is 1. The quantitative estimate of drug-likeness (QED) is 0.559. The highest BCUT2D eigenvalue weighted by Crippen LogP contribution is 2.35.